The van der Waals surface area contributed by atoms with Gasteiger partial charge in [0.1, 0.15) is 6.54 Å². The largest absolute Gasteiger partial charge is 0.468 e. The Bertz CT molecular complexity index is 769. The second-order valence-corrected chi connectivity index (χ2v) is 5.87. The summed E-state index contributed by atoms with van der Waals surface area (Å²) < 4.78 is 6.58. The van der Waals surface area contributed by atoms with Crippen LogP contribution in [0.15, 0.2) is 36.5 Å². The Morgan fingerprint density at radius 1 is 1.33 bits per heavy atom. The predicted molar refractivity (Wildman–Crippen MR) is 87.4 cm³/mol. The second kappa shape index (κ2) is 6.84. The van der Waals surface area contributed by atoms with E-state index >= 15 is 0 Å². The minimum absolute atomic E-state index is 0.129. The van der Waals surface area contributed by atoms with Crippen LogP contribution in [-0.2, 0) is 35.6 Å². The average Bonchev–Trinajstić information content (AvgIpc) is 3.00. The Hall–Kier alpha value is -2.67. The fourth-order valence-corrected chi connectivity index (χ4v) is 3.03. The molecule has 0 saturated carbocycles. The molecule has 24 heavy (non-hydrogen) atoms. The number of carbonyl (C=O) groups excluding carboxylic acids is 1. The van der Waals surface area contributed by atoms with Gasteiger partial charge in [-0.1, -0.05) is 6.07 Å². The highest BCUT2D eigenvalue weighted by Crippen LogP contribution is 2.24. The molecule has 7 heteroatoms. The highest BCUT2D eigenvalue weighted by atomic mass is 16.6. The molecule has 0 saturated heterocycles. The van der Waals surface area contributed by atoms with Gasteiger partial charge in [0.2, 0.25) is 0 Å². The summed E-state index contributed by atoms with van der Waals surface area (Å²) in [6, 6.07) is 8.96. The van der Waals surface area contributed by atoms with Crippen LogP contribution in [0.3, 0.4) is 0 Å². The van der Waals surface area contributed by atoms with Gasteiger partial charge in [0, 0.05) is 43.7 Å². The van der Waals surface area contributed by atoms with Crippen LogP contribution in [0.25, 0.3) is 0 Å². The molecule has 0 radical (unpaired) electrons. The van der Waals surface area contributed by atoms with Gasteiger partial charge >= 0.3 is 5.97 Å². The number of methoxy groups -OCH3 is 1. The molecule has 2 heterocycles. The molecule has 0 bridgehead atoms. The van der Waals surface area contributed by atoms with Gasteiger partial charge in [-0.25, -0.2) is 0 Å². The number of nitro groups is 1. The maximum atomic E-state index is 11.5. The molecule has 7 nitrogen and oxygen atoms in total. The molecule has 0 N–H and O–H groups in total. The number of rotatable bonds is 5. The zero-order valence-corrected chi connectivity index (χ0v) is 13.5. The topological polar surface area (TPSA) is 77.6 Å². The van der Waals surface area contributed by atoms with Crippen molar-refractivity contribution < 1.29 is 14.5 Å². The van der Waals surface area contributed by atoms with E-state index in [1.165, 1.54) is 12.7 Å². The van der Waals surface area contributed by atoms with Crippen molar-refractivity contribution in [1.82, 2.24) is 9.47 Å². The number of hydrogen-bond acceptors (Lipinski definition) is 5. The number of carbonyl (C=O) groups is 1. The van der Waals surface area contributed by atoms with Crippen LogP contribution in [0.1, 0.15) is 16.8 Å². The number of benzene rings is 1. The molecule has 0 atom stereocenters. The van der Waals surface area contributed by atoms with Crippen LogP contribution in [0, 0.1) is 10.1 Å². The number of nitro benzene ring substituents is 1. The molecule has 126 valence electrons. The normalized spacial score (nSPS) is 14.2. The van der Waals surface area contributed by atoms with Gasteiger partial charge in [-0.15, -0.1) is 0 Å². The number of nitrogens with zero attached hydrogens (tertiary/aromatic N) is 3. The summed E-state index contributed by atoms with van der Waals surface area (Å²) in [5.74, 6) is -0.285. The summed E-state index contributed by atoms with van der Waals surface area (Å²) in [5, 5.41) is 10.9. The van der Waals surface area contributed by atoms with Crippen molar-refractivity contribution in [1.29, 1.82) is 0 Å². The number of aromatic nitrogens is 1. The summed E-state index contributed by atoms with van der Waals surface area (Å²) in [7, 11) is 1.37. The molecule has 0 fully saturated rings. The van der Waals surface area contributed by atoms with E-state index in [2.05, 4.69) is 4.90 Å². The van der Waals surface area contributed by atoms with Crippen molar-refractivity contribution in [2.75, 3.05) is 13.7 Å². The average molecular weight is 329 g/mol. The summed E-state index contributed by atoms with van der Waals surface area (Å²) >= 11 is 0. The maximum Gasteiger partial charge on any atom is 0.325 e. The molecular weight excluding hydrogens is 310 g/mol. The summed E-state index contributed by atoms with van der Waals surface area (Å²) in [6.45, 7) is 2.43. The number of fused-ring (bicyclic) bond motifs is 1. The number of esters is 1. The minimum Gasteiger partial charge on any atom is -0.468 e. The van der Waals surface area contributed by atoms with E-state index in [-0.39, 0.29) is 23.1 Å². The van der Waals surface area contributed by atoms with Crippen molar-refractivity contribution in [3.05, 3.63) is 63.5 Å². The molecule has 3 rings (SSSR count). The maximum absolute atomic E-state index is 11.5. The van der Waals surface area contributed by atoms with Crippen molar-refractivity contribution >= 4 is 11.7 Å². The van der Waals surface area contributed by atoms with Crippen LogP contribution in [0.4, 0.5) is 5.69 Å². The van der Waals surface area contributed by atoms with Crippen LogP contribution < -0.4 is 0 Å². The van der Waals surface area contributed by atoms with Crippen molar-refractivity contribution in [2.45, 2.75) is 26.1 Å². The molecule has 1 aliphatic rings. The molecular formula is C17H19N3O4. The first-order valence-electron chi connectivity index (χ1n) is 7.76. The van der Waals surface area contributed by atoms with Gasteiger partial charge in [-0.3, -0.25) is 19.8 Å². The van der Waals surface area contributed by atoms with Gasteiger partial charge in [0.05, 0.1) is 12.0 Å². The van der Waals surface area contributed by atoms with Gasteiger partial charge < -0.3 is 9.30 Å². The van der Waals surface area contributed by atoms with Crippen molar-refractivity contribution in [2.24, 2.45) is 0 Å². The van der Waals surface area contributed by atoms with Crippen molar-refractivity contribution in [3.63, 3.8) is 0 Å². The van der Waals surface area contributed by atoms with E-state index in [0.29, 0.717) is 13.1 Å². The third kappa shape index (κ3) is 3.46. The standard InChI is InChI=1S/C17H19N3O4/c1-24-17(21)12-19-7-2-3-16(19)11-18-8-6-13-4-5-15(20(22)23)9-14(13)10-18/h2-5,7,9H,6,8,10-12H2,1H3. The van der Waals surface area contributed by atoms with E-state index in [9.17, 15) is 14.9 Å². The Balaban J connectivity index is 1.72. The molecule has 0 spiro atoms. The highest BCUT2D eigenvalue weighted by molar-refractivity contribution is 5.69. The smallest absolute Gasteiger partial charge is 0.325 e. The fraction of sp³-hybridized carbons (Fsp3) is 0.353. The Labute approximate surface area is 139 Å². The van der Waals surface area contributed by atoms with E-state index in [0.717, 1.165) is 24.2 Å². The van der Waals surface area contributed by atoms with Gasteiger partial charge in [-0.05, 0) is 29.7 Å². The monoisotopic (exact) mass is 329 g/mol. The lowest BCUT2D eigenvalue weighted by Gasteiger charge is -2.28. The molecule has 2 aromatic rings. The van der Waals surface area contributed by atoms with Gasteiger partial charge in [0.25, 0.3) is 5.69 Å². The lowest BCUT2D eigenvalue weighted by molar-refractivity contribution is -0.385. The zero-order chi connectivity index (χ0) is 17.1. The number of hydrogen-bond donors (Lipinski definition) is 0. The van der Waals surface area contributed by atoms with E-state index in [4.69, 9.17) is 4.74 Å². The predicted octanol–water partition coefficient (Wildman–Crippen LogP) is 2.13. The van der Waals surface area contributed by atoms with E-state index in [1.54, 1.807) is 12.1 Å². The van der Waals surface area contributed by atoms with Crippen LogP contribution in [0.2, 0.25) is 0 Å². The first-order chi connectivity index (χ1) is 11.6. The van der Waals surface area contributed by atoms with Crippen molar-refractivity contribution in [3.8, 4) is 0 Å². The zero-order valence-electron chi connectivity index (χ0n) is 13.5. The Kier molecular flexibility index (Phi) is 4.61. The molecule has 1 aliphatic heterocycles. The summed E-state index contributed by atoms with van der Waals surface area (Å²) in [6.07, 6.45) is 2.72. The molecule has 0 amide bonds. The summed E-state index contributed by atoms with van der Waals surface area (Å²) in [5.41, 5.74) is 3.32. The molecule has 0 unspecified atom stereocenters. The third-order valence-corrected chi connectivity index (χ3v) is 4.33. The van der Waals surface area contributed by atoms with Crippen LogP contribution >= 0.6 is 0 Å². The first kappa shape index (κ1) is 16.2. The fourth-order valence-electron chi connectivity index (χ4n) is 3.03. The highest BCUT2D eigenvalue weighted by Gasteiger charge is 2.20. The number of ether oxygens (including phenoxy) is 1. The van der Waals surface area contributed by atoms with E-state index in [1.807, 2.05) is 29.0 Å². The summed E-state index contributed by atoms with van der Waals surface area (Å²) in [4.78, 5) is 24.3. The SMILES string of the molecule is COC(=O)Cn1cccc1CN1CCc2ccc([N+](=O)[O-])cc2C1. The molecule has 1 aromatic carbocycles. The Morgan fingerprint density at radius 2 is 2.17 bits per heavy atom. The van der Waals surface area contributed by atoms with Crippen LogP contribution in [0.5, 0.6) is 0 Å². The Morgan fingerprint density at radius 3 is 2.92 bits per heavy atom. The van der Waals surface area contributed by atoms with E-state index < -0.39 is 0 Å². The molecule has 0 aliphatic carbocycles. The van der Waals surface area contributed by atoms with Gasteiger partial charge in [-0.2, -0.15) is 0 Å². The van der Waals surface area contributed by atoms with Gasteiger partial charge in [0.15, 0.2) is 0 Å². The lowest BCUT2D eigenvalue weighted by Crippen LogP contribution is -2.31. The van der Waals surface area contributed by atoms with Crippen LogP contribution in [-0.4, -0.2) is 34.0 Å². The third-order valence-electron chi connectivity index (χ3n) is 4.33. The minimum atomic E-state index is -0.360. The number of non-ortho nitro benzene ring substituents is 1. The molecule has 1 aromatic heterocycles. The quantitative estimate of drug-likeness (QED) is 0.477. The second-order valence-electron chi connectivity index (χ2n) is 5.87. The first-order valence-corrected chi connectivity index (χ1v) is 7.76. The lowest BCUT2D eigenvalue weighted by atomic mass is 9.99.